The molecule has 0 atom stereocenters. The molecular weight excluding hydrogens is 506 g/mol. The largest absolute Gasteiger partial charge is 0.497 e. The standard InChI is InChI=1S/C30H33N7O3/c1-35-11-13-36(14-12-35)10-9-20-3-5-21(6-4-20)15-26(38)25-18-37(34-29(25)31)30-32-17-22-19-40-27-16-23(39-2)7-8-24(27)28(22)33-30/h3-8,16-18H,9-15,19H2,1-2H3,(H2,31,34). The Hall–Kier alpha value is -4.28. The Morgan fingerprint density at radius 1 is 1.07 bits per heavy atom. The first-order valence-electron chi connectivity index (χ1n) is 13.5. The van der Waals surface area contributed by atoms with Gasteiger partial charge in [0.15, 0.2) is 11.6 Å². The number of Topliss-reactive ketones (excluding diaryl/α,β-unsaturated/α-hetero) is 1. The summed E-state index contributed by atoms with van der Waals surface area (Å²) in [5.41, 5.74) is 11.2. The molecule has 10 nitrogen and oxygen atoms in total. The van der Waals surface area contributed by atoms with Gasteiger partial charge in [-0.3, -0.25) is 4.79 Å². The average Bonchev–Trinajstić information content (AvgIpc) is 3.38. The lowest BCUT2D eigenvalue weighted by molar-refractivity contribution is 0.0994. The SMILES string of the molecule is COc1ccc2c(c1)OCc1cnc(-n3cc(C(=O)Cc4ccc(CCN5CCN(C)CC5)cc4)c(N)n3)nc1-2. The van der Waals surface area contributed by atoms with Gasteiger partial charge in [0.25, 0.3) is 5.95 Å². The molecule has 0 aliphatic carbocycles. The van der Waals surface area contributed by atoms with Crippen LogP contribution in [0.5, 0.6) is 11.5 Å². The predicted octanol–water partition coefficient (Wildman–Crippen LogP) is 3.03. The molecule has 0 radical (unpaired) electrons. The molecule has 2 aliphatic heterocycles. The lowest BCUT2D eigenvalue weighted by Crippen LogP contribution is -2.45. The number of hydrogen-bond donors (Lipinski definition) is 1. The average molecular weight is 540 g/mol. The van der Waals surface area contributed by atoms with E-state index in [0.29, 0.717) is 29.6 Å². The molecule has 0 bridgehead atoms. The van der Waals surface area contributed by atoms with E-state index in [1.165, 1.54) is 10.2 Å². The van der Waals surface area contributed by atoms with Gasteiger partial charge in [0.2, 0.25) is 0 Å². The highest BCUT2D eigenvalue weighted by Crippen LogP contribution is 2.38. The Morgan fingerprint density at radius 3 is 2.62 bits per heavy atom. The Morgan fingerprint density at radius 2 is 1.85 bits per heavy atom. The summed E-state index contributed by atoms with van der Waals surface area (Å²) in [6.45, 7) is 5.89. The fourth-order valence-corrected chi connectivity index (χ4v) is 5.11. The third-order valence-corrected chi connectivity index (χ3v) is 7.63. The van der Waals surface area contributed by atoms with Crippen molar-refractivity contribution in [2.24, 2.45) is 0 Å². The van der Waals surface area contributed by atoms with Crippen LogP contribution >= 0.6 is 0 Å². The van der Waals surface area contributed by atoms with Crippen LogP contribution in [0.15, 0.2) is 54.9 Å². The first-order valence-corrected chi connectivity index (χ1v) is 13.5. The van der Waals surface area contributed by atoms with Gasteiger partial charge in [0, 0.05) is 68.7 Å². The van der Waals surface area contributed by atoms with Gasteiger partial charge in [-0.15, -0.1) is 5.10 Å². The number of benzene rings is 2. The first kappa shape index (κ1) is 26.0. The quantitative estimate of drug-likeness (QED) is 0.338. The van der Waals surface area contributed by atoms with Crippen molar-refractivity contribution in [2.45, 2.75) is 19.4 Å². The number of hydrogen-bond acceptors (Lipinski definition) is 9. The predicted molar refractivity (Wildman–Crippen MR) is 152 cm³/mol. The number of methoxy groups -OCH3 is 1. The molecule has 2 N–H and O–H groups in total. The van der Waals surface area contributed by atoms with Crippen molar-refractivity contribution >= 4 is 11.6 Å². The molecule has 1 fully saturated rings. The molecule has 0 unspecified atom stereocenters. The van der Waals surface area contributed by atoms with E-state index in [0.717, 1.165) is 61.5 Å². The van der Waals surface area contributed by atoms with Crippen LogP contribution < -0.4 is 15.2 Å². The van der Waals surface area contributed by atoms with E-state index in [2.05, 4.69) is 39.1 Å². The van der Waals surface area contributed by atoms with E-state index < -0.39 is 0 Å². The third kappa shape index (κ3) is 5.41. The minimum absolute atomic E-state index is 0.0993. The number of rotatable bonds is 8. The van der Waals surface area contributed by atoms with Gasteiger partial charge < -0.3 is 25.0 Å². The number of fused-ring (bicyclic) bond motifs is 3. The zero-order chi connectivity index (χ0) is 27.6. The van der Waals surface area contributed by atoms with Crippen molar-refractivity contribution in [3.63, 3.8) is 0 Å². The molecule has 40 heavy (non-hydrogen) atoms. The van der Waals surface area contributed by atoms with Crippen LogP contribution in [0, 0.1) is 0 Å². The smallest absolute Gasteiger partial charge is 0.251 e. The molecular formula is C30H33N7O3. The van der Waals surface area contributed by atoms with Crippen LogP contribution in [0.25, 0.3) is 17.2 Å². The maximum Gasteiger partial charge on any atom is 0.251 e. The fraction of sp³-hybridized carbons (Fsp3) is 0.333. The summed E-state index contributed by atoms with van der Waals surface area (Å²) in [5, 5.41) is 4.35. The number of carbonyl (C=O) groups excluding carboxylic acids is 1. The Kier molecular flexibility index (Phi) is 7.19. The van der Waals surface area contributed by atoms with Gasteiger partial charge in [-0.05, 0) is 36.7 Å². The molecule has 206 valence electrons. The Bertz CT molecular complexity index is 1530. The number of nitrogens with zero attached hydrogens (tertiary/aromatic N) is 6. The summed E-state index contributed by atoms with van der Waals surface area (Å²) >= 11 is 0. The molecule has 2 aliphatic rings. The minimum atomic E-state index is -0.0993. The van der Waals surface area contributed by atoms with Crippen molar-refractivity contribution < 1.29 is 14.3 Å². The Labute approximate surface area is 233 Å². The van der Waals surface area contributed by atoms with E-state index >= 15 is 0 Å². The number of likely N-dealkylation sites (N-methyl/N-ethyl adjacent to an activating group) is 1. The lowest BCUT2D eigenvalue weighted by atomic mass is 10.0. The highest BCUT2D eigenvalue weighted by atomic mass is 16.5. The highest BCUT2D eigenvalue weighted by Gasteiger charge is 2.22. The molecule has 0 saturated carbocycles. The van der Waals surface area contributed by atoms with Crippen LogP contribution in [0.2, 0.25) is 0 Å². The molecule has 4 aromatic rings. The van der Waals surface area contributed by atoms with E-state index in [1.54, 1.807) is 19.5 Å². The summed E-state index contributed by atoms with van der Waals surface area (Å²) in [7, 11) is 3.79. The number of carbonyl (C=O) groups is 1. The maximum absolute atomic E-state index is 13.2. The summed E-state index contributed by atoms with van der Waals surface area (Å²) in [5.74, 6) is 1.79. The topological polar surface area (TPSA) is 112 Å². The molecule has 6 rings (SSSR count). The zero-order valence-electron chi connectivity index (χ0n) is 22.8. The summed E-state index contributed by atoms with van der Waals surface area (Å²) in [6, 6.07) is 13.9. The third-order valence-electron chi connectivity index (χ3n) is 7.63. The monoisotopic (exact) mass is 539 g/mol. The van der Waals surface area contributed by atoms with Crippen LogP contribution in [0.3, 0.4) is 0 Å². The van der Waals surface area contributed by atoms with E-state index in [-0.39, 0.29) is 18.0 Å². The van der Waals surface area contributed by atoms with Crippen molar-refractivity contribution in [3.05, 3.63) is 77.1 Å². The summed E-state index contributed by atoms with van der Waals surface area (Å²) in [4.78, 5) is 27.2. The van der Waals surface area contributed by atoms with Gasteiger partial charge in [-0.1, -0.05) is 24.3 Å². The fourth-order valence-electron chi connectivity index (χ4n) is 5.11. The number of ether oxygens (including phenoxy) is 2. The maximum atomic E-state index is 13.2. The van der Waals surface area contributed by atoms with Crippen molar-refractivity contribution in [2.75, 3.05) is 52.6 Å². The Balaban J connectivity index is 1.13. The second kappa shape index (κ2) is 11.1. The van der Waals surface area contributed by atoms with Crippen LogP contribution in [-0.4, -0.2) is 82.2 Å². The van der Waals surface area contributed by atoms with Crippen LogP contribution in [-0.2, 0) is 19.4 Å². The number of ketones is 1. The normalized spacial score (nSPS) is 15.2. The molecule has 10 heteroatoms. The van der Waals surface area contributed by atoms with E-state index in [9.17, 15) is 4.79 Å². The first-order chi connectivity index (χ1) is 19.5. The number of aromatic nitrogens is 4. The van der Waals surface area contributed by atoms with Gasteiger partial charge in [-0.2, -0.15) is 0 Å². The number of anilines is 1. The lowest BCUT2D eigenvalue weighted by Gasteiger charge is -2.32. The van der Waals surface area contributed by atoms with Gasteiger partial charge in [0.1, 0.15) is 18.1 Å². The van der Waals surface area contributed by atoms with Crippen molar-refractivity contribution in [1.29, 1.82) is 0 Å². The van der Waals surface area contributed by atoms with E-state index in [4.69, 9.17) is 20.2 Å². The van der Waals surface area contributed by atoms with Gasteiger partial charge >= 0.3 is 0 Å². The number of piperazine rings is 1. The molecule has 2 aromatic heterocycles. The molecule has 0 amide bonds. The summed E-state index contributed by atoms with van der Waals surface area (Å²) in [6.07, 6.45) is 4.57. The molecule has 2 aromatic carbocycles. The minimum Gasteiger partial charge on any atom is -0.497 e. The van der Waals surface area contributed by atoms with Crippen LogP contribution in [0.1, 0.15) is 27.0 Å². The zero-order valence-corrected chi connectivity index (χ0v) is 22.8. The molecule has 4 heterocycles. The second-order valence-electron chi connectivity index (χ2n) is 10.4. The number of nitrogens with two attached hydrogens (primary N) is 1. The molecule has 1 saturated heterocycles. The molecule has 0 spiro atoms. The van der Waals surface area contributed by atoms with Crippen molar-refractivity contribution in [1.82, 2.24) is 29.5 Å². The second-order valence-corrected chi connectivity index (χ2v) is 10.4. The highest BCUT2D eigenvalue weighted by molar-refractivity contribution is 6.01. The van der Waals surface area contributed by atoms with Crippen molar-refractivity contribution in [3.8, 4) is 28.7 Å². The van der Waals surface area contributed by atoms with Gasteiger partial charge in [0.05, 0.1) is 18.4 Å². The van der Waals surface area contributed by atoms with E-state index in [1.807, 2.05) is 30.3 Å². The van der Waals surface area contributed by atoms with Crippen LogP contribution in [0.4, 0.5) is 5.82 Å². The number of nitrogen functional groups attached to an aromatic ring is 1. The summed E-state index contributed by atoms with van der Waals surface area (Å²) < 4.78 is 12.6. The van der Waals surface area contributed by atoms with Gasteiger partial charge in [-0.25, -0.2) is 14.6 Å².